The predicted octanol–water partition coefficient (Wildman–Crippen LogP) is 1.55. The van der Waals surface area contributed by atoms with E-state index in [-0.39, 0.29) is 0 Å². The van der Waals surface area contributed by atoms with Crippen molar-refractivity contribution >= 4 is 0 Å². The maximum absolute atomic E-state index is 3.62. The third-order valence-corrected chi connectivity index (χ3v) is 3.92. The van der Waals surface area contributed by atoms with Gasteiger partial charge in [0.25, 0.3) is 0 Å². The summed E-state index contributed by atoms with van der Waals surface area (Å²) in [4.78, 5) is 2.56. The first-order valence-corrected chi connectivity index (χ1v) is 7.11. The van der Waals surface area contributed by atoms with E-state index in [2.05, 4.69) is 15.5 Å². The quantitative estimate of drug-likeness (QED) is 0.530. The van der Waals surface area contributed by atoms with Crippen LogP contribution in [0.4, 0.5) is 0 Å². The summed E-state index contributed by atoms with van der Waals surface area (Å²) in [7, 11) is 0. The summed E-state index contributed by atoms with van der Waals surface area (Å²) < 4.78 is 0. The highest BCUT2D eigenvalue weighted by Crippen LogP contribution is 2.16. The molecule has 2 aliphatic rings. The summed E-state index contributed by atoms with van der Waals surface area (Å²) >= 11 is 0. The van der Waals surface area contributed by atoms with Crippen molar-refractivity contribution in [1.82, 2.24) is 15.5 Å². The van der Waals surface area contributed by atoms with Crippen LogP contribution in [0.15, 0.2) is 0 Å². The van der Waals surface area contributed by atoms with Gasteiger partial charge in [-0.1, -0.05) is 19.3 Å². The van der Waals surface area contributed by atoms with Gasteiger partial charge in [-0.15, -0.1) is 0 Å². The summed E-state index contributed by atoms with van der Waals surface area (Å²) in [5.41, 5.74) is 0. The van der Waals surface area contributed by atoms with Gasteiger partial charge in [0.2, 0.25) is 0 Å². The zero-order valence-electron chi connectivity index (χ0n) is 10.5. The highest BCUT2D eigenvalue weighted by atomic mass is 15.2. The molecule has 1 saturated heterocycles. The van der Waals surface area contributed by atoms with Crippen molar-refractivity contribution in [2.24, 2.45) is 0 Å². The van der Waals surface area contributed by atoms with Gasteiger partial charge in [0.1, 0.15) is 0 Å². The van der Waals surface area contributed by atoms with Gasteiger partial charge in [-0.25, -0.2) is 0 Å². The maximum Gasteiger partial charge on any atom is 0.0456 e. The van der Waals surface area contributed by atoms with Crippen molar-refractivity contribution in [3.05, 3.63) is 0 Å². The zero-order chi connectivity index (χ0) is 11.1. The average Bonchev–Trinajstić information content (AvgIpc) is 2.83. The maximum atomic E-state index is 3.62. The molecule has 0 atom stereocenters. The van der Waals surface area contributed by atoms with Gasteiger partial charge in [0, 0.05) is 25.8 Å². The van der Waals surface area contributed by atoms with Crippen molar-refractivity contribution < 1.29 is 0 Å². The predicted molar refractivity (Wildman–Crippen MR) is 68.6 cm³/mol. The fraction of sp³-hybridized carbons (Fsp3) is 1.00. The first kappa shape index (κ1) is 12.3. The summed E-state index contributed by atoms with van der Waals surface area (Å²) in [6, 6.07) is 0.785. The molecule has 0 amide bonds. The fourth-order valence-electron chi connectivity index (χ4n) is 2.86. The van der Waals surface area contributed by atoms with Crippen LogP contribution in [0.5, 0.6) is 0 Å². The summed E-state index contributed by atoms with van der Waals surface area (Å²) in [5, 5.41) is 7.12. The molecule has 0 spiro atoms. The molecule has 0 aromatic heterocycles. The molecular formula is C13H27N3. The van der Waals surface area contributed by atoms with Crippen LogP contribution in [-0.2, 0) is 0 Å². The molecule has 3 nitrogen and oxygen atoms in total. The van der Waals surface area contributed by atoms with Gasteiger partial charge in [-0.2, -0.15) is 0 Å². The molecule has 1 heterocycles. The highest BCUT2D eigenvalue weighted by Gasteiger charge is 2.12. The van der Waals surface area contributed by atoms with E-state index < -0.39 is 0 Å². The lowest BCUT2D eigenvalue weighted by atomic mass is 9.96. The van der Waals surface area contributed by atoms with Crippen LogP contribution in [0.25, 0.3) is 0 Å². The Morgan fingerprint density at radius 3 is 2.44 bits per heavy atom. The van der Waals surface area contributed by atoms with Crippen LogP contribution < -0.4 is 10.6 Å². The molecule has 2 fully saturated rings. The summed E-state index contributed by atoms with van der Waals surface area (Å²) in [6.45, 7) is 6.00. The van der Waals surface area contributed by atoms with Gasteiger partial charge in [-0.05, 0) is 38.8 Å². The normalized spacial score (nSPS) is 24.0. The number of hydrogen-bond acceptors (Lipinski definition) is 3. The van der Waals surface area contributed by atoms with E-state index in [9.17, 15) is 0 Å². The molecule has 0 unspecified atom stereocenters. The number of likely N-dealkylation sites (tertiary alicyclic amines) is 1. The van der Waals surface area contributed by atoms with Gasteiger partial charge in [-0.3, -0.25) is 0 Å². The Morgan fingerprint density at radius 2 is 1.69 bits per heavy atom. The Labute approximate surface area is 100.0 Å². The molecule has 0 aromatic rings. The molecule has 3 heteroatoms. The van der Waals surface area contributed by atoms with E-state index in [0.29, 0.717) is 0 Å². The van der Waals surface area contributed by atoms with E-state index in [1.165, 1.54) is 64.6 Å². The molecule has 2 rings (SSSR count). The van der Waals surface area contributed by atoms with Crippen LogP contribution in [0, 0.1) is 0 Å². The monoisotopic (exact) mass is 225 g/mol. The second-order valence-corrected chi connectivity index (χ2v) is 5.26. The lowest BCUT2D eigenvalue weighted by molar-refractivity contribution is 0.323. The van der Waals surface area contributed by atoms with Gasteiger partial charge in [0.05, 0.1) is 0 Å². The number of rotatable bonds is 6. The lowest BCUT2D eigenvalue weighted by Crippen LogP contribution is -2.40. The van der Waals surface area contributed by atoms with E-state index in [1.54, 1.807) is 0 Å². The van der Waals surface area contributed by atoms with Crippen LogP contribution in [0.1, 0.15) is 44.9 Å². The smallest absolute Gasteiger partial charge is 0.0456 e. The first-order valence-electron chi connectivity index (χ1n) is 7.11. The highest BCUT2D eigenvalue weighted by molar-refractivity contribution is 4.71. The second kappa shape index (κ2) is 7.25. The van der Waals surface area contributed by atoms with E-state index in [4.69, 9.17) is 0 Å². The van der Waals surface area contributed by atoms with Crippen molar-refractivity contribution in [1.29, 1.82) is 0 Å². The average molecular weight is 225 g/mol. The molecule has 94 valence electrons. The third-order valence-electron chi connectivity index (χ3n) is 3.92. The van der Waals surface area contributed by atoms with E-state index in [0.717, 1.165) is 19.3 Å². The van der Waals surface area contributed by atoms with Gasteiger partial charge < -0.3 is 15.5 Å². The minimum absolute atomic E-state index is 0.785. The van der Waals surface area contributed by atoms with Crippen LogP contribution in [-0.4, -0.2) is 43.8 Å². The minimum atomic E-state index is 0.785. The first-order chi connectivity index (χ1) is 7.95. The van der Waals surface area contributed by atoms with Crippen molar-refractivity contribution in [2.75, 3.05) is 32.8 Å². The Bertz CT molecular complexity index is 172. The standard InChI is InChI=1S/C13H27N3/c1-2-6-13(7-3-1)15-12-14-8-11-16-9-4-5-10-16/h13-15H,1-12H2. The molecular weight excluding hydrogens is 198 g/mol. The summed E-state index contributed by atoms with van der Waals surface area (Å²) in [5.74, 6) is 0. The van der Waals surface area contributed by atoms with E-state index in [1.807, 2.05) is 0 Å². The van der Waals surface area contributed by atoms with Gasteiger partial charge >= 0.3 is 0 Å². The van der Waals surface area contributed by atoms with Crippen LogP contribution in [0.2, 0.25) is 0 Å². The van der Waals surface area contributed by atoms with E-state index >= 15 is 0 Å². The van der Waals surface area contributed by atoms with Gasteiger partial charge in [0.15, 0.2) is 0 Å². The molecule has 1 saturated carbocycles. The molecule has 16 heavy (non-hydrogen) atoms. The SMILES string of the molecule is C1CCC(NCNCCN2CCCC2)CC1. The topological polar surface area (TPSA) is 27.3 Å². The molecule has 1 aliphatic heterocycles. The fourth-order valence-corrected chi connectivity index (χ4v) is 2.86. The molecule has 1 aliphatic carbocycles. The van der Waals surface area contributed by atoms with Crippen molar-refractivity contribution in [3.8, 4) is 0 Å². The Balaban J connectivity index is 1.42. The second-order valence-electron chi connectivity index (χ2n) is 5.26. The van der Waals surface area contributed by atoms with Crippen LogP contribution >= 0.6 is 0 Å². The molecule has 0 radical (unpaired) electrons. The van der Waals surface area contributed by atoms with Crippen LogP contribution in [0.3, 0.4) is 0 Å². The third kappa shape index (κ3) is 4.40. The number of nitrogens with one attached hydrogen (secondary N) is 2. The number of nitrogens with zero attached hydrogens (tertiary/aromatic N) is 1. The largest absolute Gasteiger partial charge is 0.303 e. The minimum Gasteiger partial charge on any atom is -0.303 e. The lowest BCUT2D eigenvalue weighted by Gasteiger charge is -2.23. The molecule has 0 bridgehead atoms. The Hall–Kier alpha value is -0.120. The van der Waals surface area contributed by atoms with Crippen molar-refractivity contribution in [3.63, 3.8) is 0 Å². The number of hydrogen-bond donors (Lipinski definition) is 2. The van der Waals surface area contributed by atoms with Crippen molar-refractivity contribution in [2.45, 2.75) is 51.0 Å². The zero-order valence-corrected chi connectivity index (χ0v) is 10.5. The Kier molecular flexibility index (Phi) is 5.59. The Morgan fingerprint density at radius 1 is 0.938 bits per heavy atom. The summed E-state index contributed by atoms with van der Waals surface area (Å²) in [6.07, 6.45) is 9.86. The molecule has 0 aromatic carbocycles. The molecule has 2 N–H and O–H groups in total.